The molecule has 0 aliphatic carbocycles. The highest BCUT2D eigenvalue weighted by molar-refractivity contribution is 7.09. The molecule has 1 rings (SSSR count). The molecule has 0 saturated heterocycles. The van der Waals surface area contributed by atoms with Crippen LogP contribution in [0.3, 0.4) is 0 Å². The summed E-state index contributed by atoms with van der Waals surface area (Å²) in [7, 11) is 2.17. The van der Waals surface area contributed by atoms with E-state index in [9.17, 15) is 0 Å². The summed E-state index contributed by atoms with van der Waals surface area (Å²) in [6.45, 7) is 8.58. The van der Waals surface area contributed by atoms with E-state index in [1.165, 1.54) is 17.0 Å². The van der Waals surface area contributed by atoms with Gasteiger partial charge in [-0.3, -0.25) is 0 Å². The van der Waals surface area contributed by atoms with Crippen LogP contribution < -0.4 is 5.32 Å². The van der Waals surface area contributed by atoms with Gasteiger partial charge in [-0.05, 0) is 40.0 Å². The average molecular weight is 227 g/mol. The third-order valence-electron chi connectivity index (χ3n) is 2.40. The first-order chi connectivity index (χ1) is 7.24. The van der Waals surface area contributed by atoms with Crippen molar-refractivity contribution in [3.05, 3.63) is 16.1 Å². The van der Waals surface area contributed by atoms with E-state index in [1.54, 1.807) is 11.3 Å². The molecule has 4 heteroatoms. The van der Waals surface area contributed by atoms with Crippen molar-refractivity contribution in [2.24, 2.45) is 0 Å². The average Bonchev–Trinajstić information content (AvgIpc) is 2.59. The predicted molar refractivity (Wildman–Crippen MR) is 66.3 cm³/mol. The van der Waals surface area contributed by atoms with Gasteiger partial charge in [0.05, 0.1) is 11.2 Å². The quantitative estimate of drug-likeness (QED) is 0.721. The normalized spacial score (nSPS) is 11.2. The predicted octanol–water partition coefficient (Wildman–Crippen LogP) is 1.88. The molecule has 0 fully saturated rings. The highest BCUT2D eigenvalue weighted by Crippen LogP contribution is 2.13. The maximum atomic E-state index is 4.26. The number of rotatable bonds is 7. The van der Waals surface area contributed by atoms with Gasteiger partial charge in [-0.15, -0.1) is 11.3 Å². The minimum Gasteiger partial charge on any atom is -0.317 e. The summed E-state index contributed by atoms with van der Waals surface area (Å²) in [6.07, 6.45) is 1.21. The van der Waals surface area contributed by atoms with Gasteiger partial charge in [0.1, 0.15) is 0 Å². The molecule has 15 heavy (non-hydrogen) atoms. The van der Waals surface area contributed by atoms with E-state index in [1.807, 2.05) is 5.51 Å². The molecule has 0 saturated carbocycles. The molecule has 0 unspecified atom stereocenters. The first kappa shape index (κ1) is 12.6. The SMILES string of the molecule is CCNCCCN(C)Cc1scnc1C. The molecule has 1 heterocycles. The van der Waals surface area contributed by atoms with Gasteiger partial charge in [0.25, 0.3) is 0 Å². The lowest BCUT2D eigenvalue weighted by Gasteiger charge is -2.15. The van der Waals surface area contributed by atoms with E-state index >= 15 is 0 Å². The van der Waals surface area contributed by atoms with Gasteiger partial charge in [-0.1, -0.05) is 6.92 Å². The number of aromatic nitrogens is 1. The Morgan fingerprint density at radius 2 is 2.33 bits per heavy atom. The standard InChI is InChI=1S/C11H21N3S/c1-4-12-6-5-7-14(3)8-11-10(2)13-9-15-11/h9,12H,4-8H2,1-3H3. The first-order valence-corrected chi connectivity index (χ1v) is 6.40. The van der Waals surface area contributed by atoms with Crippen LogP contribution in [0.25, 0.3) is 0 Å². The summed E-state index contributed by atoms with van der Waals surface area (Å²) in [5.74, 6) is 0. The number of thiazole rings is 1. The van der Waals surface area contributed by atoms with E-state index in [0.29, 0.717) is 0 Å². The molecule has 1 aromatic heterocycles. The summed E-state index contributed by atoms with van der Waals surface area (Å²) in [5.41, 5.74) is 3.11. The molecule has 0 radical (unpaired) electrons. The number of nitrogens with zero attached hydrogens (tertiary/aromatic N) is 2. The van der Waals surface area contributed by atoms with Crippen LogP contribution in [-0.2, 0) is 6.54 Å². The van der Waals surface area contributed by atoms with Crippen molar-refractivity contribution in [3.63, 3.8) is 0 Å². The Balaban J connectivity index is 2.18. The number of hydrogen-bond acceptors (Lipinski definition) is 4. The topological polar surface area (TPSA) is 28.2 Å². The summed E-state index contributed by atoms with van der Waals surface area (Å²) in [4.78, 5) is 8.01. The van der Waals surface area contributed by atoms with Gasteiger partial charge in [-0.25, -0.2) is 4.98 Å². The molecule has 86 valence electrons. The maximum Gasteiger partial charge on any atom is 0.0798 e. The third kappa shape index (κ3) is 4.73. The van der Waals surface area contributed by atoms with Crippen LogP contribution in [0.1, 0.15) is 23.9 Å². The summed E-state index contributed by atoms with van der Waals surface area (Å²) in [6, 6.07) is 0. The molecule has 0 aliphatic rings. The van der Waals surface area contributed by atoms with E-state index in [2.05, 4.69) is 36.1 Å². The minimum absolute atomic E-state index is 1.03. The van der Waals surface area contributed by atoms with Crippen molar-refractivity contribution in [2.45, 2.75) is 26.8 Å². The summed E-state index contributed by atoms with van der Waals surface area (Å²) < 4.78 is 0. The highest BCUT2D eigenvalue weighted by atomic mass is 32.1. The highest BCUT2D eigenvalue weighted by Gasteiger charge is 2.04. The zero-order valence-electron chi connectivity index (χ0n) is 9.92. The van der Waals surface area contributed by atoms with Gasteiger partial charge < -0.3 is 10.2 Å². The van der Waals surface area contributed by atoms with Crippen molar-refractivity contribution >= 4 is 11.3 Å². The fraction of sp³-hybridized carbons (Fsp3) is 0.727. The van der Waals surface area contributed by atoms with Crippen LogP contribution in [0, 0.1) is 6.92 Å². The zero-order valence-corrected chi connectivity index (χ0v) is 10.7. The van der Waals surface area contributed by atoms with Crippen molar-refractivity contribution in [1.29, 1.82) is 0 Å². The Bertz CT molecular complexity index is 273. The maximum absolute atomic E-state index is 4.26. The molecule has 1 aromatic rings. The van der Waals surface area contributed by atoms with Gasteiger partial charge in [0.15, 0.2) is 0 Å². The Labute approximate surface area is 96.5 Å². The van der Waals surface area contributed by atoms with Crippen LogP contribution in [0.15, 0.2) is 5.51 Å². The van der Waals surface area contributed by atoms with Crippen LogP contribution >= 0.6 is 11.3 Å². The lowest BCUT2D eigenvalue weighted by molar-refractivity contribution is 0.322. The molecule has 0 aliphatic heterocycles. The van der Waals surface area contributed by atoms with Gasteiger partial charge in [0.2, 0.25) is 0 Å². The van der Waals surface area contributed by atoms with Crippen LogP contribution in [0.5, 0.6) is 0 Å². The Kier molecular flexibility index (Phi) is 5.83. The first-order valence-electron chi connectivity index (χ1n) is 5.52. The van der Waals surface area contributed by atoms with Crippen LogP contribution in [0.2, 0.25) is 0 Å². The Morgan fingerprint density at radius 3 is 2.93 bits per heavy atom. The smallest absolute Gasteiger partial charge is 0.0798 e. The lowest BCUT2D eigenvalue weighted by Crippen LogP contribution is -2.23. The molecule has 0 bridgehead atoms. The van der Waals surface area contributed by atoms with Gasteiger partial charge in [0, 0.05) is 11.4 Å². The van der Waals surface area contributed by atoms with Crippen molar-refractivity contribution < 1.29 is 0 Å². The fourth-order valence-electron chi connectivity index (χ4n) is 1.45. The van der Waals surface area contributed by atoms with Gasteiger partial charge in [-0.2, -0.15) is 0 Å². The Hall–Kier alpha value is -0.450. The minimum atomic E-state index is 1.03. The number of nitrogens with one attached hydrogen (secondary N) is 1. The molecule has 0 amide bonds. The largest absolute Gasteiger partial charge is 0.317 e. The molecule has 1 N–H and O–H groups in total. The second kappa shape index (κ2) is 6.93. The second-order valence-corrected chi connectivity index (χ2v) is 4.75. The van der Waals surface area contributed by atoms with Crippen LogP contribution in [-0.4, -0.2) is 36.6 Å². The zero-order chi connectivity index (χ0) is 11.1. The second-order valence-electron chi connectivity index (χ2n) is 3.81. The third-order valence-corrected chi connectivity index (χ3v) is 3.32. The molecular weight excluding hydrogens is 206 g/mol. The van der Waals surface area contributed by atoms with E-state index in [0.717, 1.165) is 26.2 Å². The molecule has 3 nitrogen and oxygen atoms in total. The number of aryl methyl sites for hydroxylation is 1. The van der Waals surface area contributed by atoms with Gasteiger partial charge >= 0.3 is 0 Å². The molecular formula is C11H21N3S. The van der Waals surface area contributed by atoms with E-state index in [4.69, 9.17) is 0 Å². The van der Waals surface area contributed by atoms with Crippen molar-refractivity contribution in [2.75, 3.05) is 26.7 Å². The van der Waals surface area contributed by atoms with Crippen molar-refractivity contribution in [1.82, 2.24) is 15.2 Å². The molecule has 0 spiro atoms. The number of hydrogen-bond donors (Lipinski definition) is 1. The fourth-order valence-corrected chi connectivity index (χ4v) is 2.31. The van der Waals surface area contributed by atoms with Crippen molar-refractivity contribution in [3.8, 4) is 0 Å². The Morgan fingerprint density at radius 1 is 1.53 bits per heavy atom. The lowest BCUT2D eigenvalue weighted by atomic mass is 10.3. The summed E-state index contributed by atoms with van der Waals surface area (Å²) >= 11 is 1.75. The van der Waals surface area contributed by atoms with E-state index < -0.39 is 0 Å². The molecule has 0 atom stereocenters. The van der Waals surface area contributed by atoms with E-state index in [-0.39, 0.29) is 0 Å². The summed E-state index contributed by atoms with van der Waals surface area (Å²) in [5, 5.41) is 3.34. The molecule has 0 aromatic carbocycles. The van der Waals surface area contributed by atoms with Crippen LogP contribution in [0.4, 0.5) is 0 Å². The monoisotopic (exact) mass is 227 g/mol.